The molecule has 2 heterocycles. The van der Waals surface area contributed by atoms with E-state index in [0.717, 1.165) is 29.9 Å². The van der Waals surface area contributed by atoms with E-state index in [1.165, 1.54) is 4.90 Å². The van der Waals surface area contributed by atoms with Crippen LogP contribution in [-0.4, -0.2) is 52.3 Å². The van der Waals surface area contributed by atoms with Crippen molar-refractivity contribution < 1.29 is 19.1 Å². The number of ether oxygens (including phenoxy) is 1. The molecule has 1 saturated heterocycles. The molecule has 1 aliphatic rings. The van der Waals surface area contributed by atoms with Gasteiger partial charge in [0.1, 0.15) is 10.9 Å². The number of amides is 3. The van der Waals surface area contributed by atoms with Gasteiger partial charge in [-0.3, -0.25) is 14.4 Å². The molecule has 9 nitrogen and oxygen atoms in total. The Labute approximate surface area is 178 Å². The van der Waals surface area contributed by atoms with Crippen molar-refractivity contribution in [2.24, 2.45) is 5.73 Å². The number of hydrogen-bond acceptors (Lipinski definition) is 7. The van der Waals surface area contributed by atoms with Crippen LogP contribution in [0.25, 0.3) is 0 Å². The number of nitrogens with zero attached hydrogens (tertiary/aromatic N) is 2. The minimum Gasteiger partial charge on any atom is -0.395 e. The fourth-order valence-corrected chi connectivity index (χ4v) is 3.99. The van der Waals surface area contributed by atoms with Crippen LogP contribution in [0.4, 0.5) is 5.69 Å². The molecule has 0 spiro atoms. The molecule has 2 aromatic rings. The van der Waals surface area contributed by atoms with Crippen molar-refractivity contribution in [1.29, 1.82) is 0 Å². The molecule has 1 aromatic carbocycles. The summed E-state index contributed by atoms with van der Waals surface area (Å²) in [6.45, 7) is 2.93. The molecule has 5 N–H and O–H groups in total. The summed E-state index contributed by atoms with van der Waals surface area (Å²) in [5, 5.41) is 2.86. The summed E-state index contributed by atoms with van der Waals surface area (Å²) in [5.74, 6) is -1.59. The number of carbonyl (C=O) groups excluding carboxylic acids is 3. The second-order valence-corrected chi connectivity index (χ2v) is 7.89. The lowest BCUT2D eigenvalue weighted by Crippen LogP contribution is -2.48. The van der Waals surface area contributed by atoms with Crippen LogP contribution in [-0.2, 0) is 16.1 Å². The van der Waals surface area contributed by atoms with Gasteiger partial charge in [0.15, 0.2) is 5.69 Å². The van der Waals surface area contributed by atoms with Crippen LogP contribution in [0, 0.1) is 0 Å². The number of nitrogens with one attached hydrogen (secondary N) is 1. The quantitative estimate of drug-likeness (QED) is 0.573. The minimum absolute atomic E-state index is 0.00492. The predicted molar refractivity (Wildman–Crippen MR) is 113 cm³/mol. The number of rotatable bonds is 8. The number of nitrogen functional groups attached to an aromatic ring is 1. The highest BCUT2D eigenvalue weighted by Gasteiger charge is 2.31. The first kappa shape index (κ1) is 21.7. The smallest absolute Gasteiger partial charge is 0.270 e. The third-order valence-electron chi connectivity index (χ3n) is 4.99. The summed E-state index contributed by atoms with van der Waals surface area (Å²) in [7, 11) is 0. The van der Waals surface area contributed by atoms with Crippen molar-refractivity contribution >= 4 is 34.9 Å². The van der Waals surface area contributed by atoms with Gasteiger partial charge in [0.25, 0.3) is 11.8 Å². The number of carbonyl (C=O) groups is 3. The lowest BCUT2D eigenvalue weighted by atomic mass is 10.1. The maximum Gasteiger partial charge on any atom is 0.270 e. The summed E-state index contributed by atoms with van der Waals surface area (Å²) in [6, 6.07) is 8.52. The highest BCUT2D eigenvalue weighted by Crippen LogP contribution is 2.25. The average Bonchev–Trinajstić information content (AvgIpc) is 3.39. The second-order valence-electron chi connectivity index (χ2n) is 7.11. The van der Waals surface area contributed by atoms with Gasteiger partial charge in [0.2, 0.25) is 5.91 Å². The summed E-state index contributed by atoms with van der Waals surface area (Å²) in [5.41, 5.74) is 11.8. The van der Waals surface area contributed by atoms with E-state index in [4.69, 9.17) is 16.2 Å². The fourth-order valence-electron chi connectivity index (χ4n) is 3.23. The molecule has 0 saturated carbocycles. The molecule has 2 unspecified atom stereocenters. The van der Waals surface area contributed by atoms with Gasteiger partial charge in [0, 0.05) is 19.7 Å². The number of anilines is 1. The van der Waals surface area contributed by atoms with E-state index in [1.54, 1.807) is 6.92 Å². The van der Waals surface area contributed by atoms with Crippen LogP contribution >= 0.6 is 11.5 Å². The molecule has 3 amide bonds. The lowest BCUT2D eigenvalue weighted by molar-refractivity contribution is -0.125. The van der Waals surface area contributed by atoms with Crippen LogP contribution in [0.15, 0.2) is 30.3 Å². The molecule has 160 valence electrons. The summed E-state index contributed by atoms with van der Waals surface area (Å²) >= 11 is 0.796. The molecular formula is C20H25N5O4S. The maximum atomic E-state index is 13.3. The highest BCUT2D eigenvalue weighted by molar-refractivity contribution is 7.09. The van der Waals surface area contributed by atoms with E-state index in [1.807, 2.05) is 30.3 Å². The van der Waals surface area contributed by atoms with Gasteiger partial charge in [-0.1, -0.05) is 30.3 Å². The second kappa shape index (κ2) is 9.68. The van der Waals surface area contributed by atoms with Crippen LogP contribution in [0.5, 0.6) is 0 Å². The Balaban J connectivity index is 1.81. The van der Waals surface area contributed by atoms with Crippen molar-refractivity contribution in [2.45, 2.75) is 38.5 Å². The van der Waals surface area contributed by atoms with Crippen LogP contribution < -0.4 is 16.8 Å². The normalized spacial score (nSPS) is 16.8. The topological polar surface area (TPSA) is 141 Å². The average molecular weight is 432 g/mol. The van der Waals surface area contributed by atoms with Gasteiger partial charge in [-0.2, -0.15) is 4.37 Å². The van der Waals surface area contributed by atoms with Crippen molar-refractivity contribution in [3.63, 3.8) is 0 Å². The Morgan fingerprint density at radius 1 is 1.33 bits per heavy atom. The van der Waals surface area contributed by atoms with Gasteiger partial charge in [0.05, 0.1) is 11.8 Å². The number of benzene rings is 1. The van der Waals surface area contributed by atoms with E-state index < -0.39 is 17.9 Å². The Hall–Kier alpha value is -2.98. The highest BCUT2D eigenvalue weighted by atomic mass is 32.1. The van der Waals surface area contributed by atoms with Crippen molar-refractivity contribution in [2.75, 3.05) is 18.9 Å². The molecule has 2 atom stereocenters. The van der Waals surface area contributed by atoms with Crippen molar-refractivity contribution in [3.05, 3.63) is 46.5 Å². The summed E-state index contributed by atoms with van der Waals surface area (Å²) < 4.78 is 9.43. The standard InChI is InChI=1S/C20H25N5O4S/c1-12(19(27)23-10-14-8-5-9-29-14)25(11-13-6-3-2-4-7-13)20(28)17-15(21)16(18(22)26)24-30-17/h2-4,6-7,12,14H,5,8-11,21H2,1H3,(H2,22,26)(H,23,27). The van der Waals surface area contributed by atoms with Gasteiger partial charge in [-0.05, 0) is 36.9 Å². The zero-order chi connectivity index (χ0) is 21.7. The Bertz CT molecular complexity index is 911. The van der Waals surface area contributed by atoms with Gasteiger partial charge in [-0.15, -0.1) is 0 Å². The SMILES string of the molecule is CC(C(=O)NCC1CCCO1)N(Cc1ccccc1)C(=O)c1snc(C(N)=O)c1N. The Kier molecular flexibility index (Phi) is 7.01. The first-order valence-electron chi connectivity index (χ1n) is 9.67. The van der Waals surface area contributed by atoms with Crippen molar-refractivity contribution in [1.82, 2.24) is 14.6 Å². The zero-order valence-electron chi connectivity index (χ0n) is 16.7. The minimum atomic E-state index is -0.806. The number of primary amides is 1. The van der Waals surface area contributed by atoms with Crippen LogP contribution in [0.2, 0.25) is 0 Å². The largest absolute Gasteiger partial charge is 0.395 e. The van der Waals surface area contributed by atoms with Gasteiger partial charge in [-0.25, -0.2) is 0 Å². The third-order valence-corrected chi connectivity index (χ3v) is 5.84. The summed E-state index contributed by atoms with van der Waals surface area (Å²) in [4.78, 5) is 39.0. The zero-order valence-corrected chi connectivity index (χ0v) is 17.5. The molecule has 1 fully saturated rings. The van der Waals surface area contributed by atoms with E-state index in [0.29, 0.717) is 13.2 Å². The molecule has 3 rings (SSSR count). The molecule has 30 heavy (non-hydrogen) atoms. The molecule has 0 radical (unpaired) electrons. The number of aromatic nitrogens is 1. The molecule has 1 aliphatic heterocycles. The Morgan fingerprint density at radius 2 is 2.07 bits per heavy atom. The van der Waals surface area contributed by atoms with Gasteiger partial charge >= 0.3 is 0 Å². The van der Waals surface area contributed by atoms with Crippen LogP contribution in [0.3, 0.4) is 0 Å². The fraction of sp³-hybridized carbons (Fsp3) is 0.400. The number of hydrogen-bond donors (Lipinski definition) is 3. The monoisotopic (exact) mass is 431 g/mol. The number of nitrogens with two attached hydrogens (primary N) is 2. The van der Waals surface area contributed by atoms with E-state index >= 15 is 0 Å². The third kappa shape index (κ3) is 4.95. The summed E-state index contributed by atoms with van der Waals surface area (Å²) in [6.07, 6.45) is 1.87. The van der Waals surface area contributed by atoms with Gasteiger partial charge < -0.3 is 26.4 Å². The first-order valence-corrected chi connectivity index (χ1v) is 10.4. The first-order chi connectivity index (χ1) is 14.4. The molecule has 0 aliphatic carbocycles. The van der Waals surface area contributed by atoms with Crippen molar-refractivity contribution in [3.8, 4) is 0 Å². The van der Waals surface area contributed by atoms with E-state index in [-0.39, 0.29) is 34.8 Å². The maximum absolute atomic E-state index is 13.3. The molecule has 1 aromatic heterocycles. The van der Waals surface area contributed by atoms with E-state index in [9.17, 15) is 14.4 Å². The predicted octanol–water partition coefficient (Wildman–Crippen LogP) is 1.15. The molecule has 10 heteroatoms. The van der Waals surface area contributed by atoms with E-state index in [2.05, 4.69) is 9.69 Å². The molecular weight excluding hydrogens is 406 g/mol. The Morgan fingerprint density at radius 3 is 2.67 bits per heavy atom. The molecule has 0 bridgehead atoms. The van der Waals surface area contributed by atoms with Crippen LogP contribution in [0.1, 0.15) is 45.5 Å². The lowest BCUT2D eigenvalue weighted by Gasteiger charge is -2.28.